The number of hydrogen-bond acceptors (Lipinski definition) is 5. The molecule has 0 saturated carbocycles. The highest BCUT2D eigenvalue weighted by atomic mass is 32.2. The van der Waals surface area contributed by atoms with E-state index >= 15 is 0 Å². The van der Waals surface area contributed by atoms with Gasteiger partial charge in [-0.2, -0.15) is 0 Å². The predicted octanol–water partition coefficient (Wildman–Crippen LogP) is 3.42. The number of hydrogen-bond donors (Lipinski definition) is 1. The third-order valence-electron chi connectivity index (χ3n) is 5.00. The molecule has 0 bridgehead atoms. The summed E-state index contributed by atoms with van der Waals surface area (Å²) < 4.78 is 1.90. The van der Waals surface area contributed by atoms with Gasteiger partial charge in [0.25, 0.3) is 5.78 Å². The number of benzene rings is 1. The van der Waals surface area contributed by atoms with E-state index in [1.165, 1.54) is 22.9 Å². The van der Waals surface area contributed by atoms with Gasteiger partial charge < -0.3 is 5.32 Å². The molecule has 2 heterocycles. The monoisotopic (exact) mass is 381 g/mol. The van der Waals surface area contributed by atoms with Gasteiger partial charge in [-0.15, -0.1) is 10.2 Å². The highest BCUT2D eigenvalue weighted by Gasteiger charge is 2.25. The summed E-state index contributed by atoms with van der Waals surface area (Å²) >= 11 is 1.42. The summed E-state index contributed by atoms with van der Waals surface area (Å²) in [5.41, 5.74) is 4.51. The average molecular weight is 382 g/mol. The van der Waals surface area contributed by atoms with Crippen LogP contribution in [-0.2, 0) is 11.2 Å². The van der Waals surface area contributed by atoms with Crippen LogP contribution >= 0.6 is 11.8 Å². The van der Waals surface area contributed by atoms with Gasteiger partial charge in [0.05, 0.1) is 11.3 Å². The van der Waals surface area contributed by atoms with E-state index in [1.54, 1.807) is 0 Å². The Morgan fingerprint density at radius 1 is 1.30 bits per heavy atom. The van der Waals surface area contributed by atoms with E-state index in [-0.39, 0.29) is 17.2 Å². The molecule has 2 aromatic heterocycles. The van der Waals surface area contributed by atoms with Gasteiger partial charge in [-0.25, -0.2) is 4.98 Å². The highest BCUT2D eigenvalue weighted by molar-refractivity contribution is 8.00. The molecule has 1 aliphatic rings. The Kier molecular flexibility index (Phi) is 4.86. The number of nitrogens with one attached hydrogen (secondary N) is 1. The fraction of sp³-hybridized carbons (Fsp3) is 0.400. The van der Waals surface area contributed by atoms with Gasteiger partial charge in [0.1, 0.15) is 0 Å². The van der Waals surface area contributed by atoms with E-state index in [0.29, 0.717) is 10.9 Å². The van der Waals surface area contributed by atoms with Crippen LogP contribution < -0.4 is 5.32 Å². The van der Waals surface area contributed by atoms with Gasteiger partial charge >= 0.3 is 0 Å². The molecule has 1 amide bonds. The fourth-order valence-electron chi connectivity index (χ4n) is 3.68. The minimum Gasteiger partial charge on any atom is -0.348 e. The topological polar surface area (TPSA) is 72.2 Å². The van der Waals surface area contributed by atoms with Crippen molar-refractivity contribution >= 4 is 23.4 Å². The molecule has 4 rings (SSSR count). The number of aromatic nitrogens is 4. The summed E-state index contributed by atoms with van der Waals surface area (Å²) in [6.45, 7) is 5.85. The molecule has 6 nitrogen and oxygen atoms in total. The number of rotatable bonds is 4. The SMILES string of the molecule is Cc1cc(C)n2c(S[C@H](C)C(=O)N[C@@H]3CCCc4ccccc43)nnc2n1. The van der Waals surface area contributed by atoms with Gasteiger partial charge in [-0.05, 0) is 57.2 Å². The van der Waals surface area contributed by atoms with Crippen LogP contribution in [0.5, 0.6) is 0 Å². The molecule has 3 aromatic rings. The molecule has 1 aliphatic carbocycles. The Morgan fingerprint density at radius 2 is 2.11 bits per heavy atom. The normalized spacial score (nSPS) is 17.5. The van der Waals surface area contributed by atoms with Gasteiger partial charge in [0, 0.05) is 11.4 Å². The van der Waals surface area contributed by atoms with Gasteiger partial charge in [0.2, 0.25) is 5.91 Å². The number of amides is 1. The van der Waals surface area contributed by atoms with Crippen molar-refractivity contribution in [1.82, 2.24) is 24.9 Å². The molecule has 0 unspecified atom stereocenters. The van der Waals surface area contributed by atoms with Crippen molar-refractivity contribution in [2.45, 2.75) is 56.5 Å². The first kappa shape index (κ1) is 18.0. The lowest BCUT2D eigenvalue weighted by molar-refractivity contribution is -0.121. The number of thioether (sulfide) groups is 1. The Labute approximate surface area is 162 Å². The molecule has 1 aromatic carbocycles. The summed E-state index contributed by atoms with van der Waals surface area (Å²) in [4.78, 5) is 17.2. The lowest BCUT2D eigenvalue weighted by Gasteiger charge is -2.27. The lowest BCUT2D eigenvalue weighted by atomic mass is 9.88. The minimum atomic E-state index is -0.271. The molecule has 7 heteroatoms. The number of carbonyl (C=O) groups excluding carboxylic acids is 1. The van der Waals surface area contributed by atoms with Crippen molar-refractivity contribution in [2.75, 3.05) is 0 Å². The highest BCUT2D eigenvalue weighted by Crippen LogP contribution is 2.30. The van der Waals surface area contributed by atoms with Crippen molar-refractivity contribution in [3.8, 4) is 0 Å². The summed E-state index contributed by atoms with van der Waals surface area (Å²) in [5.74, 6) is 0.597. The van der Waals surface area contributed by atoms with E-state index in [2.05, 4.69) is 38.7 Å². The van der Waals surface area contributed by atoms with Crippen LogP contribution in [0.2, 0.25) is 0 Å². The van der Waals surface area contributed by atoms with Crippen molar-refractivity contribution in [3.63, 3.8) is 0 Å². The van der Waals surface area contributed by atoms with Crippen molar-refractivity contribution in [3.05, 3.63) is 52.8 Å². The van der Waals surface area contributed by atoms with Crippen LogP contribution in [0.4, 0.5) is 0 Å². The van der Waals surface area contributed by atoms with E-state index < -0.39 is 0 Å². The van der Waals surface area contributed by atoms with Gasteiger partial charge in [-0.1, -0.05) is 36.0 Å². The number of nitrogens with zero attached hydrogens (tertiary/aromatic N) is 4. The first-order valence-electron chi connectivity index (χ1n) is 9.27. The summed E-state index contributed by atoms with van der Waals surface area (Å²) in [5, 5.41) is 12.0. The lowest BCUT2D eigenvalue weighted by Crippen LogP contribution is -2.36. The zero-order valence-corrected chi connectivity index (χ0v) is 16.6. The first-order chi connectivity index (χ1) is 13.0. The molecule has 0 saturated heterocycles. The van der Waals surface area contributed by atoms with Crippen LogP contribution in [0.3, 0.4) is 0 Å². The summed E-state index contributed by atoms with van der Waals surface area (Å²) in [6.07, 6.45) is 3.17. The van der Waals surface area contributed by atoms with Gasteiger partial charge in [-0.3, -0.25) is 9.20 Å². The van der Waals surface area contributed by atoms with Crippen molar-refractivity contribution in [1.29, 1.82) is 0 Å². The Balaban J connectivity index is 1.50. The zero-order valence-electron chi connectivity index (χ0n) is 15.8. The first-order valence-corrected chi connectivity index (χ1v) is 10.1. The van der Waals surface area contributed by atoms with Crippen LogP contribution in [-0.4, -0.2) is 30.7 Å². The molecule has 27 heavy (non-hydrogen) atoms. The van der Waals surface area contributed by atoms with Crippen molar-refractivity contribution < 1.29 is 4.79 Å². The van der Waals surface area contributed by atoms with E-state index in [9.17, 15) is 4.79 Å². The predicted molar refractivity (Wildman–Crippen MR) is 106 cm³/mol. The van der Waals surface area contributed by atoms with E-state index in [0.717, 1.165) is 30.7 Å². The molecule has 0 fully saturated rings. The molecule has 0 spiro atoms. The number of aryl methyl sites for hydroxylation is 3. The quantitative estimate of drug-likeness (QED) is 0.701. The Hall–Kier alpha value is -2.41. The molecule has 2 atom stereocenters. The van der Waals surface area contributed by atoms with Crippen LogP contribution in [0, 0.1) is 13.8 Å². The second kappa shape index (κ2) is 7.31. The molecule has 0 aliphatic heterocycles. The maximum absolute atomic E-state index is 12.8. The van der Waals surface area contributed by atoms with Crippen LogP contribution in [0.15, 0.2) is 35.5 Å². The molecular formula is C20H23N5OS. The minimum absolute atomic E-state index is 0.0242. The molecule has 140 valence electrons. The number of fused-ring (bicyclic) bond motifs is 2. The van der Waals surface area contributed by atoms with Crippen LogP contribution in [0.1, 0.15) is 48.3 Å². The number of carbonyl (C=O) groups is 1. The average Bonchev–Trinajstić information content (AvgIpc) is 3.04. The summed E-state index contributed by atoms with van der Waals surface area (Å²) in [6, 6.07) is 10.5. The standard InChI is InChI=1S/C20H23N5OS/c1-12-11-13(2)25-19(21-12)23-24-20(25)27-14(3)18(26)22-17-10-6-8-15-7-4-5-9-16(15)17/h4-5,7,9,11,14,17H,6,8,10H2,1-3H3,(H,22,26)/t14-,17-/m1/s1. The van der Waals surface area contributed by atoms with E-state index in [4.69, 9.17) is 0 Å². The smallest absolute Gasteiger partial charge is 0.256 e. The molecular weight excluding hydrogens is 358 g/mol. The second-order valence-corrected chi connectivity index (χ2v) is 8.38. The van der Waals surface area contributed by atoms with Crippen molar-refractivity contribution in [2.24, 2.45) is 0 Å². The van der Waals surface area contributed by atoms with Crippen LogP contribution in [0.25, 0.3) is 5.78 Å². The fourth-order valence-corrected chi connectivity index (χ4v) is 4.59. The van der Waals surface area contributed by atoms with E-state index in [1.807, 2.05) is 37.3 Å². The molecule has 1 N–H and O–H groups in total. The summed E-state index contributed by atoms with van der Waals surface area (Å²) in [7, 11) is 0. The second-order valence-electron chi connectivity index (χ2n) is 7.07. The Bertz CT molecular complexity index is 999. The van der Waals surface area contributed by atoms with Gasteiger partial charge in [0.15, 0.2) is 5.16 Å². The Morgan fingerprint density at radius 3 is 2.96 bits per heavy atom. The molecule has 0 radical (unpaired) electrons. The third-order valence-corrected chi connectivity index (χ3v) is 6.04. The largest absolute Gasteiger partial charge is 0.348 e. The third kappa shape index (κ3) is 3.56. The maximum Gasteiger partial charge on any atom is 0.256 e. The maximum atomic E-state index is 12.8. The zero-order chi connectivity index (χ0) is 19.0.